The summed E-state index contributed by atoms with van der Waals surface area (Å²) in [4.78, 5) is 0. The normalized spacial score (nSPS) is 20.7. The lowest BCUT2D eigenvalue weighted by atomic mass is 9.79. The molecule has 1 unspecified atom stereocenters. The van der Waals surface area contributed by atoms with Crippen LogP contribution in [0.3, 0.4) is 0 Å². The van der Waals surface area contributed by atoms with E-state index < -0.39 is 0 Å². The molecule has 1 N–H and O–H groups in total. The van der Waals surface area contributed by atoms with Gasteiger partial charge in [-0.15, -0.1) is 5.10 Å². The molecule has 0 amide bonds. The second-order valence-corrected chi connectivity index (χ2v) is 5.99. The van der Waals surface area contributed by atoms with Crippen molar-refractivity contribution in [2.75, 3.05) is 6.54 Å². The van der Waals surface area contributed by atoms with Gasteiger partial charge in [0.05, 0.1) is 11.7 Å². The van der Waals surface area contributed by atoms with Crippen LogP contribution in [0.25, 0.3) is 0 Å². The summed E-state index contributed by atoms with van der Waals surface area (Å²) in [6.45, 7) is 5.51. The molecular formula is C12H21BrN4. The summed E-state index contributed by atoms with van der Waals surface area (Å²) in [6.07, 6.45) is 5.23. The number of halogens is 1. The standard InChI is InChI=1S/C12H21BrN4/c1-4-14-10(12(2)7-5-6-8-12)9-11(13)15-16-17(9)3/h10,14H,4-8H2,1-3H3. The fraction of sp³-hybridized carbons (Fsp3) is 0.833. The maximum absolute atomic E-state index is 4.11. The van der Waals surface area contributed by atoms with E-state index in [1.165, 1.54) is 31.4 Å². The zero-order valence-electron chi connectivity index (χ0n) is 10.8. The third kappa shape index (κ3) is 2.40. The van der Waals surface area contributed by atoms with Gasteiger partial charge >= 0.3 is 0 Å². The molecule has 96 valence electrons. The molecule has 1 heterocycles. The van der Waals surface area contributed by atoms with Gasteiger partial charge in [0.25, 0.3) is 0 Å². The fourth-order valence-electron chi connectivity index (χ4n) is 2.99. The van der Waals surface area contributed by atoms with Crippen molar-refractivity contribution in [1.82, 2.24) is 20.3 Å². The van der Waals surface area contributed by atoms with Gasteiger partial charge in [-0.1, -0.05) is 31.9 Å². The molecule has 1 fully saturated rings. The van der Waals surface area contributed by atoms with Crippen LogP contribution in [0.1, 0.15) is 51.3 Å². The highest BCUT2D eigenvalue weighted by molar-refractivity contribution is 9.10. The van der Waals surface area contributed by atoms with Crippen molar-refractivity contribution in [3.63, 3.8) is 0 Å². The molecule has 4 nitrogen and oxygen atoms in total. The molecule has 5 heteroatoms. The van der Waals surface area contributed by atoms with E-state index in [4.69, 9.17) is 0 Å². The second kappa shape index (κ2) is 5.06. The number of aromatic nitrogens is 3. The quantitative estimate of drug-likeness (QED) is 0.930. The summed E-state index contributed by atoms with van der Waals surface area (Å²) >= 11 is 3.52. The van der Waals surface area contributed by atoms with Gasteiger partial charge in [0, 0.05) is 7.05 Å². The number of nitrogens with zero attached hydrogens (tertiary/aromatic N) is 3. The molecule has 1 aromatic heterocycles. The summed E-state index contributed by atoms with van der Waals surface area (Å²) in [7, 11) is 1.97. The molecule has 1 atom stereocenters. The molecule has 0 radical (unpaired) electrons. The number of rotatable bonds is 4. The maximum atomic E-state index is 4.11. The highest BCUT2D eigenvalue weighted by atomic mass is 79.9. The average molecular weight is 301 g/mol. The Morgan fingerprint density at radius 3 is 2.59 bits per heavy atom. The summed E-state index contributed by atoms with van der Waals surface area (Å²) in [5, 5.41) is 11.8. The third-order valence-electron chi connectivity index (χ3n) is 3.95. The van der Waals surface area contributed by atoms with E-state index >= 15 is 0 Å². The van der Waals surface area contributed by atoms with E-state index in [9.17, 15) is 0 Å². The highest BCUT2D eigenvalue weighted by Gasteiger charge is 2.40. The zero-order chi connectivity index (χ0) is 12.5. The number of hydrogen-bond donors (Lipinski definition) is 1. The first-order chi connectivity index (χ1) is 8.08. The minimum absolute atomic E-state index is 0.327. The Morgan fingerprint density at radius 2 is 2.12 bits per heavy atom. The predicted molar refractivity (Wildman–Crippen MR) is 71.7 cm³/mol. The Morgan fingerprint density at radius 1 is 1.47 bits per heavy atom. The molecule has 1 saturated carbocycles. The topological polar surface area (TPSA) is 42.7 Å². The molecular weight excluding hydrogens is 280 g/mol. The van der Waals surface area contributed by atoms with E-state index in [0.717, 1.165) is 11.1 Å². The van der Waals surface area contributed by atoms with Gasteiger partial charge in [-0.2, -0.15) is 0 Å². The predicted octanol–water partition coefficient (Wildman–Crippen LogP) is 2.81. The van der Waals surface area contributed by atoms with E-state index in [0.29, 0.717) is 11.5 Å². The van der Waals surface area contributed by atoms with Crippen LogP contribution in [0.4, 0.5) is 0 Å². The monoisotopic (exact) mass is 300 g/mol. The Hall–Kier alpha value is -0.420. The average Bonchev–Trinajstić information content (AvgIpc) is 2.85. The van der Waals surface area contributed by atoms with Crippen molar-refractivity contribution in [1.29, 1.82) is 0 Å². The van der Waals surface area contributed by atoms with Crippen molar-refractivity contribution in [2.24, 2.45) is 12.5 Å². The zero-order valence-corrected chi connectivity index (χ0v) is 12.4. The first kappa shape index (κ1) is 13.0. The fourth-order valence-corrected chi connectivity index (χ4v) is 3.55. The van der Waals surface area contributed by atoms with Crippen molar-refractivity contribution in [2.45, 2.75) is 45.6 Å². The van der Waals surface area contributed by atoms with Gasteiger partial charge in [0.1, 0.15) is 0 Å². The van der Waals surface area contributed by atoms with Crippen molar-refractivity contribution < 1.29 is 0 Å². The SMILES string of the molecule is CCNC(c1c(Br)nnn1C)C1(C)CCCC1. The lowest BCUT2D eigenvalue weighted by Crippen LogP contribution is -2.36. The minimum Gasteiger partial charge on any atom is -0.308 e. The van der Waals surface area contributed by atoms with Crippen LogP contribution in [0.15, 0.2) is 4.60 Å². The van der Waals surface area contributed by atoms with Crippen LogP contribution < -0.4 is 5.32 Å². The Labute approximate surface area is 111 Å². The van der Waals surface area contributed by atoms with Crippen LogP contribution in [0.5, 0.6) is 0 Å². The lowest BCUT2D eigenvalue weighted by Gasteiger charge is -2.34. The van der Waals surface area contributed by atoms with Gasteiger partial charge in [-0.05, 0) is 40.7 Å². The molecule has 2 rings (SSSR count). The van der Waals surface area contributed by atoms with Crippen LogP contribution in [0.2, 0.25) is 0 Å². The number of nitrogens with one attached hydrogen (secondary N) is 1. The first-order valence-corrected chi connectivity index (χ1v) is 7.16. The van der Waals surface area contributed by atoms with Crippen molar-refractivity contribution in [3.05, 3.63) is 10.3 Å². The Kier molecular flexibility index (Phi) is 3.88. The van der Waals surface area contributed by atoms with E-state index in [1.54, 1.807) is 0 Å². The second-order valence-electron chi connectivity index (χ2n) is 5.24. The smallest absolute Gasteiger partial charge is 0.153 e. The van der Waals surface area contributed by atoms with Gasteiger partial charge in [-0.3, -0.25) is 0 Å². The van der Waals surface area contributed by atoms with E-state index in [1.807, 2.05) is 11.7 Å². The van der Waals surface area contributed by atoms with Crippen LogP contribution in [-0.4, -0.2) is 21.5 Å². The third-order valence-corrected chi connectivity index (χ3v) is 4.52. The molecule has 0 spiro atoms. The van der Waals surface area contributed by atoms with Crippen molar-refractivity contribution in [3.8, 4) is 0 Å². The largest absolute Gasteiger partial charge is 0.308 e. The van der Waals surface area contributed by atoms with Gasteiger partial charge in [0.15, 0.2) is 4.60 Å². The van der Waals surface area contributed by atoms with Crippen LogP contribution >= 0.6 is 15.9 Å². The molecule has 0 aromatic carbocycles. The Bertz CT molecular complexity index is 362. The van der Waals surface area contributed by atoms with Crippen molar-refractivity contribution >= 4 is 15.9 Å². The molecule has 1 aliphatic rings. The number of hydrogen-bond acceptors (Lipinski definition) is 3. The minimum atomic E-state index is 0.327. The summed E-state index contributed by atoms with van der Waals surface area (Å²) < 4.78 is 2.76. The lowest BCUT2D eigenvalue weighted by molar-refractivity contribution is 0.216. The Balaban J connectivity index is 2.35. The summed E-state index contributed by atoms with van der Waals surface area (Å²) in [5.74, 6) is 0. The van der Waals surface area contributed by atoms with E-state index in [2.05, 4.69) is 45.4 Å². The molecule has 0 bridgehead atoms. The van der Waals surface area contributed by atoms with E-state index in [-0.39, 0.29) is 0 Å². The molecule has 0 saturated heterocycles. The highest BCUT2D eigenvalue weighted by Crippen LogP contribution is 2.47. The molecule has 1 aliphatic carbocycles. The molecule has 0 aliphatic heterocycles. The summed E-state index contributed by atoms with van der Waals surface area (Å²) in [6, 6.07) is 0.337. The van der Waals surface area contributed by atoms with Gasteiger partial charge in [0.2, 0.25) is 0 Å². The van der Waals surface area contributed by atoms with Gasteiger partial charge < -0.3 is 5.32 Å². The van der Waals surface area contributed by atoms with Gasteiger partial charge in [-0.25, -0.2) is 4.68 Å². The first-order valence-electron chi connectivity index (χ1n) is 6.37. The molecule has 1 aromatic rings. The van der Waals surface area contributed by atoms with Crippen LogP contribution in [0, 0.1) is 5.41 Å². The molecule has 17 heavy (non-hydrogen) atoms. The maximum Gasteiger partial charge on any atom is 0.153 e. The summed E-state index contributed by atoms with van der Waals surface area (Å²) in [5.41, 5.74) is 1.50. The van der Waals surface area contributed by atoms with Crippen LogP contribution in [-0.2, 0) is 7.05 Å². The number of aryl methyl sites for hydroxylation is 1.